The number of ketones is 1. The molecule has 2 N–H and O–H groups in total. The summed E-state index contributed by atoms with van der Waals surface area (Å²) in [6, 6.07) is 6.45. The fraction of sp³-hybridized carbons (Fsp3) is 0.133. The van der Waals surface area contributed by atoms with E-state index in [1.165, 1.54) is 29.8 Å². The highest BCUT2D eigenvalue weighted by Gasteiger charge is 2.36. The van der Waals surface area contributed by atoms with Crippen LogP contribution in [-0.2, 0) is 9.53 Å². The summed E-state index contributed by atoms with van der Waals surface area (Å²) in [5, 5.41) is 7.83. The van der Waals surface area contributed by atoms with Crippen molar-refractivity contribution in [3.05, 3.63) is 55.0 Å². The fourth-order valence-electron chi connectivity index (χ4n) is 2.31. The second-order valence-corrected chi connectivity index (χ2v) is 7.86. The van der Waals surface area contributed by atoms with Gasteiger partial charge in [0.1, 0.15) is 5.70 Å². The summed E-state index contributed by atoms with van der Waals surface area (Å²) in [7, 11) is 1.26. The SMILES string of the molecule is COC(=O)C1=C(C(=O)c2cccs2)C(c2ccc(Cl)s2)NC(=S)N1. The molecule has 9 heteroatoms. The van der Waals surface area contributed by atoms with Crippen LogP contribution in [0.25, 0.3) is 0 Å². The highest BCUT2D eigenvalue weighted by molar-refractivity contribution is 7.80. The smallest absolute Gasteiger partial charge is 0.355 e. The van der Waals surface area contributed by atoms with E-state index in [1.54, 1.807) is 29.6 Å². The summed E-state index contributed by atoms with van der Waals surface area (Å²) in [6.07, 6.45) is 0. The number of carbonyl (C=O) groups excluding carboxylic acids is 2. The molecule has 0 saturated heterocycles. The van der Waals surface area contributed by atoms with Crippen LogP contribution in [-0.4, -0.2) is 24.0 Å². The van der Waals surface area contributed by atoms with Crippen LogP contribution in [0.1, 0.15) is 20.6 Å². The predicted octanol–water partition coefficient (Wildman–Crippen LogP) is 3.29. The molecule has 0 aliphatic carbocycles. The topological polar surface area (TPSA) is 67.4 Å². The van der Waals surface area contributed by atoms with Crippen molar-refractivity contribution in [1.82, 2.24) is 10.6 Å². The lowest BCUT2D eigenvalue weighted by Crippen LogP contribution is -2.47. The molecule has 1 aliphatic heterocycles. The van der Waals surface area contributed by atoms with Gasteiger partial charge in [-0.05, 0) is 35.8 Å². The maximum absolute atomic E-state index is 13.0. The highest BCUT2D eigenvalue weighted by atomic mass is 35.5. The lowest BCUT2D eigenvalue weighted by atomic mass is 9.96. The minimum Gasteiger partial charge on any atom is -0.464 e. The number of hydrogen-bond donors (Lipinski definition) is 2. The standard InChI is InChI=1S/C15H11ClN2O3S3/c1-21-14(20)12-10(13(19)8-3-2-6-23-8)11(17-15(22)18-12)7-4-5-9(16)24-7/h2-6,11H,1H3,(H2,17,18,22). The van der Waals surface area contributed by atoms with E-state index >= 15 is 0 Å². The van der Waals surface area contributed by atoms with Crippen LogP contribution < -0.4 is 10.6 Å². The monoisotopic (exact) mass is 398 g/mol. The zero-order chi connectivity index (χ0) is 17.3. The van der Waals surface area contributed by atoms with E-state index in [0.29, 0.717) is 9.21 Å². The van der Waals surface area contributed by atoms with Crippen molar-refractivity contribution in [1.29, 1.82) is 0 Å². The van der Waals surface area contributed by atoms with Crippen molar-refractivity contribution < 1.29 is 14.3 Å². The maximum Gasteiger partial charge on any atom is 0.355 e. The normalized spacial score (nSPS) is 17.2. The van der Waals surface area contributed by atoms with Gasteiger partial charge in [0.2, 0.25) is 5.78 Å². The van der Waals surface area contributed by atoms with Crippen molar-refractivity contribution in [2.45, 2.75) is 6.04 Å². The number of hydrogen-bond acceptors (Lipinski definition) is 6. The zero-order valence-electron chi connectivity index (χ0n) is 12.3. The largest absolute Gasteiger partial charge is 0.464 e. The van der Waals surface area contributed by atoms with Gasteiger partial charge in [-0.1, -0.05) is 17.7 Å². The lowest BCUT2D eigenvalue weighted by Gasteiger charge is -2.29. The number of carbonyl (C=O) groups is 2. The van der Waals surface area contributed by atoms with Gasteiger partial charge in [0.05, 0.1) is 27.9 Å². The van der Waals surface area contributed by atoms with E-state index in [9.17, 15) is 9.59 Å². The molecule has 2 aromatic heterocycles. The van der Waals surface area contributed by atoms with Gasteiger partial charge in [0.15, 0.2) is 5.11 Å². The molecule has 0 saturated carbocycles. The molecular weight excluding hydrogens is 388 g/mol. The Hall–Kier alpha value is -1.74. The van der Waals surface area contributed by atoms with E-state index in [0.717, 1.165) is 4.88 Å². The van der Waals surface area contributed by atoms with Gasteiger partial charge >= 0.3 is 5.97 Å². The molecule has 5 nitrogen and oxygen atoms in total. The minimum absolute atomic E-state index is 0.0502. The molecule has 3 heterocycles. The summed E-state index contributed by atoms with van der Waals surface area (Å²) in [5.74, 6) is -0.908. The molecule has 3 rings (SSSR count). The molecular formula is C15H11ClN2O3S3. The quantitative estimate of drug-likeness (QED) is 0.468. The lowest BCUT2D eigenvalue weighted by molar-refractivity contribution is -0.136. The van der Waals surface area contributed by atoms with Crippen molar-refractivity contribution in [3.8, 4) is 0 Å². The van der Waals surface area contributed by atoms with E-state index in [4.69, 9.17) is 28.6 Å². The van der Waals surface area contributed by atoms with Gasteiger partial charge in [-0.3, -0.25) is 4.79 Å². The van der Waals surface area contributed by atoms with Crippen molar-refractivity contribution in [2.75, 3.05) is 7.11 Å². The third-order valence-corrected chi connectivity index (χ3v) is 5.71. The van der Waals surface area contributed by atoms with Crippen molar-refractivity contribution >= 4 is 63.4 Å². The number of ether oxygens (including phenoxy) is 1. The number of thiocarbonyl (C=S) groups is 1. The van der Waals surface area contributed by atoms with Crippen LogP contribution in [0.3, 0.4) is 0 Å². The number of Topliss-reactive ketones (excluding diaryl/α,β-unsaturated/α-hetero) is 1. The van der Waals surface area contributed by atoms with E-state index in [2.05, 4.69) is 10.6 Å². The maximum atomic E-state index is 13.0. The summed E-state index contributed by atoms with van der Waals surface area (Å²) < 4.78 is 5.39. The molecule has 0 radical (unpaired) electrons. The Balaban J connectivity index is 2.16. The Morgan fingerprint density at radius 1 is 1.33 bits per heavy atom. The summed E-state index contributed by atoms with van der Waals surface area (Å²) in [4.78, 5) is 26.5. The average Bonchev–Trinajstić information content (AvgIpc) is 3.24. The first-order valence-electron chi connectivity index (χ1n) is 6.74. The third kappa shape index (κ3) is 3.23. The van der Waals surface area contributed by atoms with Crippen molar-refractivity contribution in [3.63, 3.8) is 0 Å². The molecule has 1 aliphatic rings. The van der Waals surface area contributed by atoms with Gasteiger partial charge in [0, 0.05) is 4.88 Å². The van der Waals surface area contributed by atoms with E-state index < -0.39 is 12.0 Å². The van der Waals surface area contributed by atoms with E-state index in [-0.39, 0.29) is 22.2 Å². The van der Waals surface area contributed by atoms with Gasteiger partial charge < -0.3 is 15.4 Å². The number of methoxy groups -OCH3 is 1. The van der Waals surface area contributed by atoms with Gasteiger partial charge in [-0.25, -0.2) is 4.79 Å². The zero-order valence-corrected chi connectivity index (χ0v) is 15.5. The first-order chi connectivity index (χ1) is 11.5. The Morgan fingerprint density at radius 3 is 2.71 bits per heavy atom. The average molecular weight is 399 g/mol. The van der Waals surface area contributed by atoms with Gasteiger partial charge in [-0.2, -0.15) is 0 Å². The van der Waals surface area contributed by atoms with Crippen LogP contribution in [0.4, 0.5) is 0 Å². The Morgan fingerprint density at radius 2 is 2.12 bits per heavy atom. The minimum atomic E-state index is -0.647. The third-order valence-electron chi connectivity index (χ3n) is 3.33. The van der Waals surface area contributed by atoms with Crippen LogP contribution in [0.2, 0.25) is 4.34 Å². The van der Waals surface area contributed by atoms with E-state index in [1.807, 2.05) is 0 Å². The molecule has 0 bridgehead atoms. The Labute approximate surface area is 156 Å². The highest BCUT2D eigenvalue weighted by Crippen LogP contribution is 2.35. The second kappa shape index (κ2) is 7.02. The predicted molar refractivity (Wildman–Crippen MR) is 98.6 cm³/mol. The summed E-state index contributed by atoms with van der Waals surface area (Å²) in [6.45, 7) is 0. The number of rotatable bonds is 4. The van der Waals surface area contributed by atoms with Crippen LogP contribution in [0.5, 0.6) is 0 Å². The first kappa shape index (κ1) is 17.1. The van der Waals surface area contributed by atoms with Gasteiger partial charge in [0.25, 0.3) is 0 Å². The molecule has 0 spiro atoms. The molecule has 24 heavy (non-hydrogen) atoms. The number of nitrogens with one attached hydrogen (secondary N) is 2. The second-order valence-electron chi connectivity index (χ2n) is 4.76. The summed E-state index contributed by atoms with van der Waals surface area (Å²) >= 11 is 13.8. The molecule has 0 amide bonds. The molecule has 124 valence electrons. The number of esters is 1. The van der Waals surface area contributed by atoms with Crippen molar-refractivity contribution in [2.24, 2.45) is 0 Å². The van der Waals surface area contributed by atoms with Crippen LogP contribution in [0, 0.1) is 0 Å². The molecule has 0 aromatic carbocycles. The molecule has 2 aromatic rings. The molecule has 1 unspecified atom stereocenters. The Bertz CT molecular complexity index is 842. The van der Waals surface area contributed by atoms with Gasteiger partial charge in [-0.15, -0.1) is 22.7 Å². The van der Waals surface area contributed by atoms with Crippen LogP contribution in [0.15, 0.2) is 40.9 Å². The number of halogens is 1. The summed E-state index contributed by atoms with van der Waals surface area (Å²) in [5.41, 5.74) is 0.311. The Kier molecular flexibility index (Phi) is 5.00. The fourth-order valence-corrected chi connectivity index (χ4v) is 4.33. The number of thiophene rings is 2. The molecule has 1 atom stereocenters. The first-order valence-corrected chi connectivity index (χ1v) is 9.23. The molecule has 0 fully saturated rings. The van der Waals surface area contributed by atoms with Crippen LogP contribution >= 0.6 is 46.5 Å².